The molecule has 0 aliphatic rings. The first-order valence-corrected chi connectivity index (χ1v) is 8.69. The molecule has 0 aromatic heterocycles. The lowest BCUT2D eigenvalue weighted by Gasteiger charge is -2.23. The van der Waals surface area contributed by atoms with Crippen LogP contribution in [0.4, 0.5) is 0 Å². The fourth-order valence-corrected chi connectivity index (χ4v) is 4.52. The van der Waals surface area contributed by atoms with Crippen molar-refractivity contribution in [3.05, 3.63) is 65.2 Å². The van der Waals surface area contributed by atoms with Gasteiger partial charge in [-0.15, -0.1) is 0 Å². The van der Waals surface area contributed by atoms with Gasteiger partial charge in [0.1, 0.15) is 0 Å². The maximum Gasteiger partial charge on any atom is 0.183 e. The second-order valence-corrected chi connectivity index (χ2v) is 7.49. The highest BCUT2D eigenvalue weighted by Gasteiger charge is 2.32. The van der Waals surface area contributed by atoms with Gasteiger partial charge in [-0.3, -0.25) is 0 Å². The van der Waals surface area contributed by atoms with Crippen molar-refractivity contribution in [3.63, 3.8) is 0 Å². The number of hydrogen-bond donors (Lipinski definition) is 1. The molecule has 0 bridgehead atoms. The number of benzene rings is 2. The highest BCUT2D eigenvalue weighted by molar-refractivity contribution is 7.92. The molecule has 0 spiro atoms. The van der Waals surface area contributed by atoms with Crippen LogP contribution >= 0.6 is 11.6 Å². The van der Waals surface area contributed by atoms with Crippen LogP contribution < -0.4 is 5.73 Å². The van der Waals surface area contributed by atoms with E-state index >= 15 is 0 Å². The van der Waals surface area contributed by atoms with Crippen LogP contribution in [0.3, 0.4) is 0 Å². The molecule has 0 saturated carbocycles. The van der Waals surface area contributed by atoms with Gasteiger partial charge in [0.15, 0.2) is 9.84 Å². The van der Waals surface area contributed by atoms with Crippen LogP contribution in [0.1, 0.15) is 24.9 Å². The Labute approximate surface area is 130 Å². The number of nitrogens with two attached hydrogens (primary N) is 1. The Morgan fingerprint density at radius 3 is 2.33 bits per heavy atom. The van der Waals surface area contributed by atoms with Gasteiger partial charge in [-0.2, -0.15) is 0 Å². The minimum atomic E-state index is -3.53. The molecule has 0 amide bonds. The summed E-state index contributed by atoms with van der Waals surface area (Å²) in [5.41, 5.74) is 7.01. The summed E-state index contributed by atoms with van der Waals surface area (Å²) >= 11 is 5.90. The van der Waals surface area contributed by atoms with Crippen LogP contribution in [-0.2, 0) is 9.84 Å². The molecule has 0 saturated heterocycles. The normalized spacial score (nSPS) is 14.6. The average Bonchev–Trinajstić information content (AvgIpc) is 2.48. The van der Waals surface area contributed by atoms with Gasteiger partial charge in [0.05, 0.1) is 10.1 Å². The molecular formula is C16H18ClNO2S. The lowest BCUT2D eigenvalue weighted by atomic mass is 10.0. The summed E-state index contributed by atoms with van der Waals surface area (Å²) in [6, 6.07) is 15.0. The fraction of sp³-hybridized carbons (Fsp3) is 0.250. The first-order chi connectivity index (χ1) is 9.96. The van der Waals surface area contributed by atoms with Gasteiger partial charge in [0.25, 0.3) is 0 Å². The van der Waals surface area contributed by atoms with Gasteiger partial charge < -0.3 is 5.73 Å². The Kier molecular flexibility index (Phi) is 5.04. The monoisotopic (exact) mass is 323 g/mol. The van der Waals surface area contributed by atoms with Crippen LogP contribution in [0.25, 0.3) is 0 Å². The number of sulfone groups is 1. The molecule has 2 N–H and O–H groups in total. The number of hydrogen-bond acceptors (Lipinski definition) is 3. The molecule has 0 aliphatic carbocycles. The Balaban J connectivity index is 2.41. The van der Waals surface area contributed by atoms with Gasteiger partial charge in [-0.05, 0) is 30.2 Å². The van der Waals surface area contributed by atoms with Gasteiger partial charge in [-0.1, -0.05) is 54.9 Å². The maximum absolute atomic E-state index is 12.8. The zero-order valence-electron chi connectivity index (χ0n) is 11.7. The van der Waals surface area contributed by atoms with E-state index < -0.39 is 21.1 Å². The zero-order valence-corrected chi connectivity index (χ0v) is 13.3. The summed E-state index contributed by atoms with van der Waals surface area (Å²) in [4.78, 5) is 0.216. The van der Waals surface area contributed by atoms with Crippen LogP contribution in [0.2, 0.25) is 5.02 Å². The van der Waals surface area contributed by atoms with Crippen molar-refractivity contribution in [2.45, 2.75) is 29.5 Å². The number of rotatable bonds is 5. The van der Waals surface area contributed by atoms with Crippen LogP contribution in [0, 0.1) is 0 Å². The molecule has 3 nitrogen and oxygen atoms in total. The summed E-state index contributed by atoms with van der Waals surface area (Å²) < 4.78 is 25.6. The van der Waals surface area contributed by atoms with E-state index in [9.17, 15) is 8.42 Å². The van der Waals surface area contributed by atoms with Gasteiger partial charge in [-0.25, -0.2) is 8.42 Å². The third kappa shape index (κ3) is 3.46. The Morgan fingerprint density at radius 1 is 1.10 bits per heavy atom. The van der Waals surface area contributed by atoms with Crippen LogP contribution in [0.15, 0.2) is 59.5 Å². The molecule has 2 unspecified atom stereocenters. The largest absolute Gasteiger partial charge is 0.323 e. The smallest absolute Gasteiger partial charge is 0.183 e. The molecule has 0 heterocycles. The number of halogens is 1. The van der Waals surface area contributed by atoms with Crippen molar-refractivity contribution >= 4 is 21.4 Å². The third-order valence-electron chi connectivity index (χ3n) is 3.51. The molecule has 2 aromatic carbocycles. The maximum atomic E-state index is 12.8. The second-order valence-electron chi connectivity index (χ2n) is 4.89. The standard InChI is InChI=1S/C16H18ClNO2S/c1-2-15(16(18)12-7-4-3-5-8-12)21(19,20)14-10-6-9-13(17)11-14/h3-11,15-16H,2,18H2,1H3. The summed E-state index contributed by atoms with van der Waals surface area (Å²) in [6.45, 7) is 1.83. The molecule has 2 aromatic rings. The minimum absolute atomic E-state index is 0.216. The van der Waals surface area contributed by atoms with Crippen molar-refractivity contribution in [2.24, 2.45) is 5.73 Å². The molecule has 0 fully saturated rings. The Hall–Kier alpha value is -1.36. The topological polar surface area (TPSA) is 60.2 Å². The molecule has 0 aliphatic heterocycles. The summed E-state index contributed by atoms with van der Waals surface area (Å²) in [7, 11) is -3.53. The molecule has 0 radical (unpaired) electrons. The highest BCUT2D eigenvalue weighted by atomic mass is 35.5. The third-order valence-corrected chi connectivity index (χ3v) is 6.08. The fourth-order valence-electron chi connectivity index (χ4n) is 2.38. The van der Waals surface area contributed by atoms with Crippen molar-refractivity contribution in [2.75, 3.05) is 0 Å². The van der Waals surface area contributed by atoms with Gasteiger partial charge in [0, 0.05) is 11.1 Å². The molecule has 21 heavy (non-hydrogen) atoms. The van der Waals surface area contributed by atoms with Crippen molar-refractivity contribution in [1.29, 1.82) is 0 Å². The molecule has 2 atom stereocenters. The van der Waals surface area contributed by atoms with E-state index in [1.165, 1.54) is 6.07 Å². The zero-order chi connectivity index (χ0) is 15.5. The van der Waals surface area contributed by atoms with Crippen molar-refractivity contribution in [3.8, 4) is 0 Å². The van der Waals surface area contributed by atoms with Gasteiger partial charge >= 0.3 is 0 Å². The average molecular weight is 324 g/mol. The Morgan fingerprint density at radius 2 is 1.76 bits per heavy atom. The van der Waals surface area contributed by atoms with E-state index in [2.05, 4.69) is 0 Å². The van der Waals surface area contributed by atoms with Crippen molar-refractivity contribution in [1.82, 2.24) is 0 Å². The summed E-state index contributed by atoms with van der Waals surface area (Å²) in [5.74, 6) is 0. The summed E-state index contributed by atoms with van der Waals surface area (Å²) in [5, 5.41) is -0.280. The highest BCUT2D eigenvalue weighted by Crippen LogP contribution is 2.28. The van der Waals surface area contributed by atoms with Gasteiger partial charge in [0.2, 0.25) is 0 Å². The quantitative estimate of drug-likeness (QED) is 0.914. The molecule has 5 heteroatoms. The first kappa shape index (κ1) is 16.0. The van der Waals surface area contributed by atoms with Crippen molar-refractivity contribution < 1.29 is 8.42 Å². The predicted octanol–water partition coefficient (Wildman–Crippen LogP) is 3.59. The van der Waals surface area contributed by atoms with E-state index in [1.807, 2.05) is 37.3 Å². The molecule has 112 valence electrons. The second kappa shape index (κ2) is 6.60. The molecular weight excluding hydrogens is 306 g/mol. The molecule has 2 rings (SSSR count). The lowest BCUT2D eigenvalue weighted by Crippen LogP contribution is -2.33. The van der Waals surface area contributed by atoms with E-state index in [0.29, 0.717) is 11.4 Å². The van der Waals surface area contributed by atoms with E-state index in [-0.39, 0.29) is 4.90 Å². The lowest BCUT2D eigenvalue weighted by molar-refractivity contribution is 0.547. The predicted molar refractivity (Wildman–Crippen MR) is 86.1 cm³/mol. The Bertz CT molecular complexity index is 701. The SMILES string of the molecule is CCC(C(N)c1ccccc1)S(=O)(=O)c1cccc(Cl)c1. The van der Waals surface area contributed by atoms with E-state index in [0.717, 1.165) is 5.56 Å². The van der Waals surface area contributed by atoms with Crippen LogP contribution in [-0.4, -0.2) is 13.7 Å². The minimum Gasteiger partial charge on any atom is -0.323 e. The van der Waals surface area contributed by atoms with E-state index in [4.69, 9.17) is 17.3 Å². The van der Waals surface area contributed by atoms with E-state index in [1.54, 1.807) is 18.2 Å². The van der Waals surface area contributed by atoms with Crippen LogP contribution in [0.5, 0.6) is 0 Å². The first-order valence-electron chi connectivity index (χ1n) is 6.76. The summed E-state index contributed by atoms with van der Waals surface area (Å²) in [6.07, 6.45) is 0.435.